The van der Waals surface area contributed by atoms with Crippen molar-refractivity contribution in [1.82, 2.24) is 0 Å². The molecule has 0 amide bonds. The van der Waals surface area contributed by atoms with Gasteiger partial charge in [0, 0.05) is 18.8 Å². The Kier molecular flexibility index (Phi) is 13.6. The van der Waals surface area contributed by atoms with Gasteiger partial charge in [-0.1, -0.05) is 64.8 Å². The van der Waals surface area contributed by atoms with E-state index in [4.69, 9.17) is 9.16 Å². The molecule has 1 rings (SSSR count). The van der Waals surface area contributed by atoms with Crippen molar-refractivity contribution in [2.75, 3.05) is 0 Å². The van der Waals surface area contributed by atoms with Gasteiger partial charge in [0.05, 0.1) is 18.3 Å². The first kappa shape index (κ1) is 33.1. The van der Waals surface area contributed by atoms with Crippen LogP contribution >= 0.6 is 0 Å². The number of aliphatic hydroxyl groups excluding tert-OH is 2. The average molecular weight is 525 g/mol. The molecule has 0 heterocycles. The van der Waals surface area contributed by atoms with Crippen molar-refractivity contribution in [3.63, 3.8) is 0 Å². The van der Waals surface area contributed by atoms with Crippen LogP contribution in [0.15, 0.2) is 24.3 Å². The van der Waals surface area contributed by atoms with Crippen LogP contribution in [0.4, 0.5) is 0 Å². The Bertz CT molecular complexity index is 701. The summed E-state index contributed by atoms with van der Waals surface area (Å²) >= 11 is 0. The molecule has 1 saturated carbocycles. The van der Waals surface area contributed by atoms with Gasteiger partial charge in [0.2, 0.25) is 0 Å². The largest absolute Gasteiger partial charge is 0.460 e. The highest BCUT2D eigenvalue weighted by atomic mass is 28.4. The molecule has 0 radical (unpaired) electrons. The highest BCUT2D eigenvalue weighted by Crippen LogP contribution is 2.39. The molecule has 5 atom stereocenters. The highest BCUT2D eigenvalue weighted by molar-refractivity contribution is 6.74. The van der Waals surface area contributed by atoms with E-state index in [1.807, 2.05) is 20.8 Å². The molecule has 210 valence electrons. The van der Waals surface area contributed by atoms with Gasteiger partial charge in [0.1, 0.15) is 5.60 Å². The molecule has 5 nitrogen and oxygen atoms in total. The molecule has 6 heteroatoms. The summed E-state index contributed by atoms with van der Waals surface area (Å²) in [5.41, 5.74) is -0.479. The van der Waals surface area contributed by atoms with E-state index in [0.717, 1.165) is 19.3 Å². The lowest BCUT2D eigenvalue weighted by atomic mass is 9.89. The van der Waals surface area contributed by atoms with Crippen LogP contribution < -0.4 is 0 Å². The van der Waals surface area contributed by atoms with E-state index < -0.39 is 26.1 Å². The average Bonchev–Trinajstić information content (AvgIpc) is 2.98. The first-order valence-electron chi connectivity index (χ1n) is 14.2. The molecule has 0 aromatic heterocycles. The van der Waals surface area contributed by atoms with Gasteiger partial charge in [-0.25, -0.2) is 0 Å². The molecule has 0 aromatic carbocycles. The van der Waals surface area contributed by atoms with Crippen LogP contribution in [0.2, 0.25) is 18.1 Å². The number of allylic oxidation sites excluding steroid dienone is 2. The van der Waals surface area contributed by atoms with Gasteiger partial charge in [0.25, 0.3) is 0 Å². The zero-order chi connectivity index (χ0) is 27.6. The fraction of sp³-hybridized carbons (Fsp3) is 0.833. The molecule has 0 aromatic rings. The summed E-state index contributed by atoms with van der Waals surface area (Å²) in [7, 11) is -2.04. The van der Waals surface area contributed by atoms with E-state index in [2.05, 4.69) is 65.1 Å². The molecular formula is C30H56O5Si. The zero-order valence-electron chi connectivity index (χ0n) is 24.7. The third-order valence-electron chi connectivity index (χ3n) is 7.55. The Morgan fingerprint density at radius 3 is 2.28 bits per heavy atom. The summed E-state index contributed by atoms with van der Waals surface area (Å²) in [5, 5.41) is 21.4. The van der Waals surface area contributed by atoms with Gasteiger partial charge in [-0.3, -0.25) is 4.79 Å². The number of esters is 1. The van der Waals surface area contributed by atoms with Crippen LogP contribution in [-0.2, 0) is 14.0 Å². The first-order valence-corrected chi connectivity index (χ1v) is 17.1. The lowest BCUT2D eigenvalue weighted by molar-refractivity contribution is -0.154. The van der Waals surface area contributed by atoms with Gasteiger partial charge in [-0.15, -0.1) is 0 Å². The van der Waals surface area contributed by atoms with Crippen LogP contribution in [0, 0.1) is 11.8 Å². The van der Waals surface area contributed by atoms with E-state index in [-0.39, 0.29) is 28.9 Å². The Hall–Kier alpha value is -0.953. The molecule has 0 spiro atoms. The number of ether oxygens (including phenoxy) is 1. The van der Waals surface area contributed by atoms with Crippen molar-refractivity contribution in [1.29, 1.82) is 0 Å². The molecule has 36 heavy (non-hydrogen) atoms. The topological polar surface area (TPSA) is 76.0 Å². The predicted molar refractivity (Wildman–Crippen MR) is 152 cm³/mol. The number of carbonyl (C=O) groups excluding carboxylic acids is 1. The monoisotopic (exact) mass is 524 g/mol. The number of carbonyl (C=O) groups is 1. The Morgan fingerprint density at radius 1 is 1.03 bits per heavy atom. The molecule has 0 saturated heterocycles. The Balaban J connectivity index is 2.90. The van der Waals surface area contributed by atoms with Crippen molar-refractivity contribution in [3.05, 3.63) is 24.3 Å². The summed E-state index contributed by atoms with van der Waals surface area (Å²) in [6.07, 6.45) is 15.0. The molecule has 0 aliphatic heterocycles. The summed E-state index contributed by atoms with van der Waals surface area (Å²) in [5.74, 6) is -0.275. The van der Waals surface area contributed by atoms with Crippen LogP contribution in [0.5, 0.6) is 0 Å². The minimum Gasteiger partial charge on any atom is -0.460 e. The minimum absolute atomic E-state index is 0.00830. The van der Waals surface area contributed by atoms with E-state index in [1.165, 1.54) is 19.3 Å². The molecule has 1 fully saturated rings. The first-order chi connectivity index (χ1) is 16.6. The maximum absolute atomic E-state index is 12.2. The van der Waals surface area contributed by atoms with Crippen molar-refractivity contribution >= 4 is 14.3 Å². The second kappa shape index (κ2) is 14.8. The SMILES string of the molecule is CCCCC/C=C\C[C@@H]1[C@H](/C=C/[C@@H](CCCC(=O)OC(C)(C)C)O[Si](C)(C)C(C)(C)C)[C@H](O)C[C@@H]1O. The molecule has 0 bridgehead atoms. The van der Waals surface area contributed by atoms with Crippen LogP contribution in [0.25, 0.3) is 0 Å². The Labute approximate surface area is 222 Å². The van der Waals surface area contributed by atoms with E-state index in [0.29, 0.717) is 19.3 Å². The van der Waals surface area contributed by atoms with E-state index >= 15 is 0 Å². The molecule has 0 unspecified atom stereocenters. The van der Waals surface area contributed by atoms with E-state index in [1.54, 1.807) is 0 Å². The summed E-state index contributed by atoms with van der Waals surface area (Å²) in [4.78, 5) is 12.2. The second-order valence-electron chi connectivity index (χ2n) is 13.1. The quantitative estimate of drug-likeness (QED) is 0.108. The van der Waals surface area contributed by atoms with Gasteiger partial charge in [-0.2, -0.15) is 0 Å². The van der Waals surface area contributed by atoms with Crippen molar-refractivity contribution in [2.45, 2.75) is 148 Å². The number of hydrogen-bond donors (Lipinski definition) is 2. The molecule has 1 aliphatic carbocycles. The van der Waals surface area contributed by atoms with Gasteiger partial charge in [0.15, 0.2) is 8.32 Å². The van der Waals surface area contributed by atoms with E-state index in [9.17, 15) is 15.0 Å². The standard InChI is InChI=1S/C30H56O5Si/c1-10-11-12-13-14-15-18-24-25(27(32)22-26(24)31)21-20-23(35-36(8,9)30(5,6)7)17-16-19-28(33)34-29(2,3)4/h14-15,20-21,23-27,31-32H,10-13,16-19,22H2,1-9H3/b15-14-,21-20+/t23-,24-,25+,26+,27-/m1/s1. The van der Waals surface area contributed by atoms with Gasteiger partial charge < -0.3 is 19.4 Å². The number of aliphatic hydroxyl groups is 2. The van der Waals surface area contributed by atoms with Gasteiger partial charge >= 0.3 is 5.97 Å². The Morgan fingerprint density at radius 2 is 1.69 bits per heavy atom. The summed E-state index contributed by atoms with van der Waals surface area (Å²) in [6, 6.07) is 0. The predicted octanol–water partition coefficient (Wildman–Crippen LogP) is 7.33. The summed E-state index contributed by atoms with van der Waals surface area (Å²) < 4.78 is 12.2. The lowest BCUT2D eigenvalue weighted by Gasteiger charge is -2.39. The second-order valence-corrected chi connectivity index (χ2v) is 17.9. The van der Waals surface area contributed by atoms with Crippen LogP contribution in [-0.4, -0.2) is 48.4 Å². The lowest BCUT2D eigenvalue weighted by Crippen LogP contribution is -2.43. The normalized spacial score (nSPS) is 24.6. The summed E-state index contributed by atoms with van der Waals surface area (Å²) in [6.45, 7) is 19.0. The molecule has 1 aliphatic rings. The third kappa shape index (κ3) is 12.1. The van der Waals surface area contributed by atoms with Crippen molar-refractivity contribution < 1.29 is 24.2 Å². The zero-order valence-corrected chi connectivity index (χ0v) is 25.7. The fourth-order valence-electron chi connectivity index (χ4n) is 4.43. The number of rotatable bonds is 14. The van der Waals surface area contributed by atoms with Crippen molar-refractivity contribution in [3.8, 4) is 0 Å². The smallest absolute Gasteiger partial charge is 0.306 e. The van der Waals surface area contributed by atoms with Crippen LogP contribution in [0.3, 0.4) is 0 Å². The number of hydrogen-bond acceptors (Lipinski definition) is 5. The molecular weight excluding hydrogens is 468 g/mol. The third-order valence-corrected chi connectivity index (χ3v) is 12.1. The maximum atomic E-state index is 12.2. The highest BCUT2D eigenvalue weighted by Gasteiger charge is 2.41. The van der Waals surface area contributed by atoms with Crippen LogP contribution in [0.1, 0.15) is 106 Å². The minimum atomic E-state index is -2.04. The maximum Gasteiger partial charge on any atom is 0.306 e. The molecule has 2 N–H and O–H groups in total. The number of unbranched alkanes of at least 4 members (excludes halogenated alkanes) is 3. The van der Waals surface area contributed by atoms with Gasteiger partial charge in [-0.05, 0) is 76.9 Å². The van der Waals surface area contributed by atoms with Crippen molar-refractivity contribution in [2.24, 2.45) is 11.8 Å². The fourth-order valence-corrected chi connectivity index (χ4v) is 5.74.